The molecule has 168 valence electrons. The highest BCUT2D eigenvalue weighted by Gasteiger charge is 2.50. The van der Waals surface area contributed by atoms with E-state index in [0.717, 1.165) is 16.9 Å². The van der Waals surface area contributed by atoms with E-state index >= 15 is 0 Å². The minimum absolute atomic E-state index is 0.0112. The van der Waals surface area contributed by atoms with Crippen LogP contribution >= 0.6 is 0 Å². The van der Waals surface area contributed by atoms with Gasteiger partial charge in [-0.1, -0.05) is 66.2 Å². The maximum absolute atomic E-state index is 13.4. The molecule has 6 heteroatoms. The summed E-state index contributed by atoms with van der Waals surface area (Å²) < 4.78 is 0. The molecule has 0 bridgehead atoms. The third kappa shape index (κ3) is 4.53. The molecule has 2 aliphatic heterocycles. The Bertz CT molecular complexity index is 1120. The number of aryl methyl sites for hydroxylation is 1. The van der Waals surface area contributed by atoms with Gasteiger partial charge in [-0.25, -0.2) is 10.4 Å². The summed E-state index contributed by atoms with van der Waals surface area (Å²) in [5.74, 6) is -0.721. The Labute approximate surface area is 194 Å². The molecule has 2 aliphatic rings. The van der Waals surface area contributed by atoms with Crippen molar-refractivity contribution in [1.29, 1.82) is 0 Å². The first-order chi connectivity index (χ1) is 16.1. The van der Waals surface area contributed by atoms with E-state index in [1.165, 1.54) is 5.56 Å². The molecule has 2 heterocycles. The SMILES string of the molecule is Cc1ccc(NC(=O)C2CN(Cc3ccccc3)CC3C(=O)N(c4ccccc4)NC23)cc1. The molecule has 0 aliphatic carbocycles. The number of hydrogen-bond acceptors (Lipinski definition) is 4. The van der Waals surface area contributed by atoms with Crippen molar-refractivity contribution in [1.82, 2.24) is 10.3 Å². The van der Waals surface area contributed by atoms with Crippen LogP contribution in [-0.2, 0) is 16.1 Å². The summed E-state index contributed by atoms with van der Waals surface area (Å²) in [5, 5.41) is 4.69. The number of hydrogen-bond donors (Lipinski definition) is 2. The molecule has 3 atom stereocenters. The number of likely N-dealkylation sites (tertiary alicyclic amines) is 1. The van der Waals surface area contributed by atoms with E-state index in [0.29, 0.717) is 19.6 Å². The van der Waals surface area contributed by atoms with E-state index in [9.17, 15) is 9.59 Å². The van der Waals surface area contributed by atoms with Gasteiger partial charge in [-0.05, 0) is 36.8 Å². The molecular formula is C27H28N4O2. The van der Waals surface area contributed by atoms with Crippen molar-refractivity contribution in [3.8, 4) is 0 Å². The smallest absolute Gasteiger partial charge is 0.247 e. The maximum atomic E-state index is 13.4. The van der Waals surface area contributed by atoms with Crippen LogP contribution in [0.5, 0.6) is 0 Å². The van der Waals surface area contributed by atoms with Gasteiger partial charge < -0.3 is 5.32 Å². The molecule has 3 aromatic carbocycles. The topological polar surface area (TPSA) is 64.7 Å². The number of amides is 2. The van der Waals surface area contributed by atoms with Crippen LogP contribution < -0.4 is 15.8 Å². The first kappa shape index (κ1) is 21.4. The van der Waals surface area contributed by atoms with Crippen molar-refractivity contribution >= 4 is 23.2 Å². The zero-order chi connectivity index (χ0) is 22.8. The molecule has 2 amide bonds. The number of hydrazine groups is 1. The number of carbonyl (C=O) groups excluding carboxylic acids is 2. The fourth-order valence-corrected chi connectivity index (χ4v) is 4.80. The predicted molar refractivity (Wildman–Crippen MR) is 129 cm³/mol. The molecular weight excluding hydrogens is 412 g/mol. The molecule has 2 N–H and O–H groups in total. The van der Waals surface area contributed by atoms with E-state index in [-0.39, 0.29) is 29.7 Å². The molecule has 2 fully saturated rings. The summed E-state index contributed by atoms with van der Waals surface area (Å²) in [6.45, 7) is 3.92. The van der Waals surface area contributed by atoms with E-state index in [2.05, 4.69) is 27.8 Å². The van der Waals surface area contributed by atoms with Gasteiger partial charge in [0.15, 0.2) is 0 Å². The van der Waals surface area contributed by atoms with Crippen LogP contribution in [0.1, 0.15) is 11.1 Å². The normalized spacial score (nSPS) is 22.8. The van der Waals surface area contributed by atoms with Crippen molar-refractivity contribution in [2.75, 3.05) is 23.4 Å². The minimum atomic E-state index is -0.369. The molecule has 6 nitrogen and oxygen atoms in total. The number of fused-ring (bicyclic) bond motifs is 1. The highest BCUT2D eigenvalue weighted by molar-refractivity contribution is 6.00. The molecule has 0 spiro atoms. The number of carbonyl (C=O) groups is 2. The number of nitrogens with zero attached hydrogens (tertiary/aromatic N) is 2. The van der Waals surface area contributed by atoms with E-state index < -0.39 is 0 Å². The molecule has 0 aromatic heterocycles. The summed E-state index contributed by atoms with van der Waals surface area (Å²) in [6, 6.07) is 27.3. The second kappa shape index (κ2) is 9.17. The van der Waals surface area contributed by atoms with Crippen LogP contribution in [0, 0.1) is 18.8 Å². The number of nitrogens with one attached hydrogen (secondary N) is 2. The summed E-state index contributed by atoms with van der Waals surface area (Å²) in [7, 11) is 0. The number of piperidine rings is 1. The first-order valence-corrected chi connectivity index (χ1v) is 11.4. The van der Waals surface area contributed by atoms with Gasteiger partial charge in [0, 0.05) is 25.3 Å². The highest BCUT2D eigenvalue weighted by Crippen LogP contribution is 2.33. The van der Waals surface area contributed by atoms with Crippen molar-refractivity contribution in [2.45, 2.75) is 19.5 Å². The van der Waals surface area contributed by atoms with Crippen molar-refractivity contribution in [3.63, 3.8) is 0 Å². The van der Waals surface area contributed by atoms with E-state index in [1.807, 2.05) is 79.7 Å². The number of para-hydroxylation sites is 1. The minimum Gasteiger partial charge on any atom is -0.326 e. The fraction of sp³-hybridized carbons (Fsp3) is 0.259. The van der Waals surface area contributed by atoms with Crippen molar-refractivity contribution < 1.29 is 9.59 Å². The second-order valence-electron chi connectivity index (χ2n) is 8.91. The lowest BCUT2D eigenvalue weighted by molar-refractivity contribution is -0.126. The Morgan fingerprint density at radius 2 is 1.61 bits per heavy atom. The Hall–Kier alpha value is -3.48. The lowest BCUT2D eigenvalue weighted by Gasteiger charge is -2.38. The first-order valence-electron chi connectivity index (χ1n) is 11.4. The van der Waals surface area contributed by atoms with Crippen molar-refractivity contribution in [2.24, 2.45) is 11.8 Å². The van der Waals surface area contributed by atoms with Gasteiger partial charge in [0.25, 0.3) is 0 Å². The van der Waals surface area contributed by atoms with Gasteiger partial charge in [-0.3, -0.25) is 14.5 Å². The van der Waals surface area contributed by atoms with Crippen LogP contribution in [0.3, 0.4) is 0 Å². The monoisotopic (exact) mass is 440 g/mol. The Morgan fingerprint density at radius 3 is 2.30 bits per heavy atom. The molecule has 2 saturated heterocycles. The lowest BCUT2D eigenvalue weighted by Crippen LogP contribution is -2.55. The number of benzene rings is 3. The second-order valence-corrected chi connectivity index (χ2v) is 8.91. The summed E-state index contributed by atoms with van der Waals surface area (Å²) in [5.41, 5.74) is 7.24. The third-order valence-electron chi connectivity index (χ3n) is 6.51. The van der Waals surface area contributed by atoms with Crippen LogP contribution in [-0.4, -0.2) is 35.8 Å². The average Bonchev–Trinajstić information content (AvgIpc) is 3.17. The Kier molecular flexibility index (Phi) is 5.94. The zero-order valence-corrected chi connectivity index (χ0v) is 18.6. The molecule has 33 heavy (non-hydrogen) atoms. The molecule has 3 aromatic rings. The predicted octanol–water partition coefficient (Wildman–Crippen LogP) is 3.60. The zero-order valence-electron chi connectivity index (χ0n) is 18.6. The van der Waals surface area contributed by atoms with E-state index in [4.69, 9.17) is 0 Å². The quantitative estimate of drug-likeness (QED) is 0.636. The van der Waals surface area contributed by atoms with Gasteiger partial charge >= 0.3 is 0 Å². The van der Waals surface area contributed by atoms with Crippen LogP contribution in [0.15, 0.2) is 84.9 Å². The fourth-order valence-electron chi connectivity index (χ4n) is 4.80. The van der Waals surface area contributed by atoms with Gasteiger partial charge in [0.1, 0.15) is 0 Å². The van der Waals surface area contributed by atoms with Gasteiger partial charge in [0.05, 0.1) is 23.6 Å². The van der Waals surface area contributed by atoms with Gasteiger partial charge in [-0.15, -0.1) is 0 Å². The third-order valence-corrected chi connectivity index (χ3v) is 6.51. The number of anilines is 2. The van der Waals surface area contributed by atoms with Gasteiger partial charge in [-0.2, -0.15) is 0 Å². The Balaban J connectivity index is 1.41. The maximum Gasteiger partial charge on any atom is 0.247 e. The molecule has 0 saturated carbocycles. The van der Waals surface area contributed by atoms with E-state index in [1.54, 1.807) is 5.01 Å². The van der Waals surface area contributed by atoms with Crippen molar-refractivity contribution in [3.05, 3.63) is 96.1 Å². The van der Waals surface area contributed by atoms with Gasteiger partial charge in [0.2, 0.25) is 11.8 Å². The summed E-state index contributed by atoms with van der Waals surface area (Å²) >= 11 is 0. The highest BCUT2D eigenvalue weighted by atomic mass is 16.2. The average molecular weight is 441 g/mol. The standard InChI is InChI=1S/C27H28N4O2/c1-19-12-14-21(15-13-19)28-26(32)23-17-30(16-20-8-4-2-5-9-20)18-24-25(23)29-31(27(24)33)22-10-6-3-7-11-22/h2-15,23-25,29H,16-18H2,1H3,(H,28,32). The largest absolute Gasteiger partial charge is 0.326 e. The van der Waals surface area contributed by atoms with Crippen LogP contribution in [0.2, 0.25) is 0 Å². The van der Waals surface area contributed by atoms with Crippen LogP contribution in [0.4, 0.5) is 11.4 Å². The molecule has 3 unspecified atom stereocenters. The summed E-state index contributed by atoms with van der Waals surface area (Å²) in [6.07, 6.45) is 0. The summed E-state index contributed by atoms with van der Waals surface area (Å²) in [4.78, 5) is 29.1. The molecule has 5 rings (SSSR count). The Morgan fingerprint density at radius 1 is 0.939 bits per heavy atom. The molecule has 0 radical (unpaired) electrons. The lowest BCUT2D eigenvalue weighted by atomic mass is 9.83. The van der Waals surface area contributed by atoms with Crippen LogP contribution in [0.25, 0.3) is 0 Å². The number of rotatable bonds is 5.